The molecule has 2 N–H and O–H groups in total. The van der Waals surface area contributed by atoms with Gasteiger partial charge in [0.2, 0.25) is 0 Å². The molecular formula is C19H23NO6S. The number of aryl methyl sites for hydroxylation is 1. The van der Waals surface area contributed by atoms with Crippen molar-refractivity contribution in [1.82, 2.24) is 5.32 Å². The maximum atomic E-state index is 12.0. The second-order valence-corrected chi connectivity index (χ2v) is 7.60. The second kappa shape index (κ2) is 10.1. The summed E-state index contributed by atoms with van der Waals surface area (Å²) in [6.07, 6.45) is -1.52. The molecular weight excluding hydrogens is 370 g/mol. The third-order valence-corrected chi connectivity index (χ3v) is 4.98. The Hall–Kier alpha value is -2.42. The zero-order chi connectivity index (χ0) is 19.7. The minimum absolute atomic E-state index is 0.0305. The van der Waals surface area contributed by atoms with Crippen molar-refractivity contribution in [3.05, 3.63) is 65.7 Å². The van der Waals surface area contributed by atoms with E-state index in [1.54, 1.807) is 12.1 Å². The standard InChI is InChI=1S/C19H23NO6S/c1-15-7-9-18(10-8-15)27(23,24)26-14-17(21)11-12-20-19(22)25-13-16-5-3-2-4-6-16/h2-10,17,21H,11-14H2,1H3,(H,20,22)/t17-/m1/s1. The van der Waals surface area contributed by atoms with Gasteiger partial charge < -0.3 is 15.2 Å². The van der Waals surface area contributed by atoms with Gasteiger partial charge >= 0.3 is 6.09 Å². The molecule has 0 spiro atoms. The molecule has 7 nitrogen and oxygen atoms in total. The summed E-state index contributed by atoms with van der Waals surface area (Å²) in [6.45, 7) is 1.73. The number of amides is 1. The van der Waals surface area contributed by atoms with Crippen LogP contribution in [-0.4, -0.2) is 38.9 Å². The van der Waals surface area contributed by atoms with Crippen LogP contribution in [0, 0.1) is 6.92 Å². The van der Waals surface area contributed by atoms with Crippen molar-refractivity contribution < 1.29 is 27.2 Å². The average Bonchev–Trinajstić information content (AvgIpc) is 2.66. The third-order valence-electron chi connectivity index (χ3n) is 3.68. The van der Waals surface area contributed by atoms with E-state index in [0.717, 1.165) is 11.1 Å². The van der Waals surface area contributed by atoms with Gasteiger partial charge in [0.15, 0.2) is 0 Å². The molecule has 0 aliphatic heterocycles. The van der Waals surface area contributed by atoms with E-state index in [4.69, 9.17) is 8.92 Å². The van der Waals surface area contributed by atoms with Crippen LogP contribution in [0.1, 0.15) is 17.5 Å². The normalized spacial score (nSPS) is 12.4. The smallest absolute Gasteiger partial charge is 0.407 e. The summed E-state index contributed by atoms with van der Waals surface area (Å²) in [5.41, 5.74) is 1.79. The molecule has 0 aromatic heterocycles. The predicted molar refractivity (Wildman–Crippen MR) is 99.6 cm³/mol. The molecule has 0 heterocycles. The lowest BCUT2D eigenvalue weighted by atomic mass is 10.2. The number of hydrogen-bond acceptors (Lipinski definition) is 6. The minimum Gasteiger partial charge on any atom is -0.445 e. The van der Waals surface area contributed by atoms with E-state index in [2.05, 4.69) is 5.32 Å². The van der Waals surface area contributed by atoms with Crippen molar-refractivity contribution in [3.8, 4) is 0 Å². The highest BCUT2D eigenvalue weighted by Gasteiger charge is 2.17. The number of ether oxygens (including phenoxy) is 1. The van der Waals surface area contributed by atoms with E-state index in [1.807, 2.05) is 37.3 Å². The molecule has 146 valence electrons. The number of aliphatic hydroxyl groups is 1. The molecule has 1 atom stereocenters. The predicted octanol–water partition coefficient (Wildman–Crippen LogP) is 2.38. The SMILES string of the molecule is Cc1ccc(S(=O)(=O)OC[C@H](O)CCNC(=O)OCc2ccccc2)cc1. The highest BCUT2D eigenvalue weighted by molar-refractivity contribution is 7.86. The van der Waals surface area contributed by atoms with Gasteiger partial charge in [-0.2, -0.15) is 8.42 Å². The van der Waals surface area contributed by atoms with Gasteiger partial charge in [0, 0.05) is 6.54 Å². The number of carbonyl (C=O) groups is 1. The van der Waals surface area contributed by atoms with Crippen LogP contribution in [0.4, 0.5) is 4.79 Å². The number of nitrogens with one attached hydrogen (secondary N) is 1. The summed E-state index contributed by atoms with van der Waals surface area (Å²) in [7, 11) is -3.92. The van der Waals surface area contributed by atoms with Crippen LogP contribution in [0.3, 0.4) is 0 Å². The Morgan fingerprint density at radius 2 is 1.78 bits per heavy atom. The summed E-state index contributed by atoms with van der Waals surface area (Å²) >= 11 is 0. The zero-order valence-corrected chi connectivity index (χ0v) is 15.8. The zero-order valence-electron chi connectivity index (χ0n) is 15.0. The van der Waals surface area contributed by atoms with Gasteiger partial charge in [-0.15, -0.1) is 0 Å². The fourth-order valence-electron chi connectivity index (χ4n) is 2.14. The van der Waals surface area contributed by atoms with Crippen LogP contribution < -0.4 is 5.32 Å². The van der Waals surface area contributed by atoms with Gasteiger partial charge in [-0.3, -0.25) is 4.18 Å². The molecule has 0 unspecified atom stereocenters. The number of rotatable bonds is 9. The number of benzene rings is 2. The van der Waals surface area contributed by atoms with Crippen LogP contribution in [0.5, 0.6) is 0 Å². The quantitative estimate of drug-likeness (QED) is 0.634. The Labute approximate surface area is 159 Å². The molecule has 27 heavy (non-hydrogen) atoms. The first-order valence-electron chi connectivity index (χ1n) is 8.45. The molecule has 0 aliphatic carbocycles. The van der Waals surface area contributed by atoms with E-state index in [0.29, 0.717) is 0 Å². The first kappa shape index (κ1) is 20.9. The van der Waals surface area contributed by atoms with E-state index < -0.39 is 28.9 Å². The maximum Gasteiger partial charge on any atom is 0.407 e. The monoisotopic (exact) mass is 393 g/mol. The highest BCUT2D eigenvalue weighted by Crippen LogP contribution is 2.13. The Kier molecular flexibility index (Phi) is 7.78. The number of aliphatic hydroxyl groups excluding tert-OH is 1. The summed E-state index contributed by atoms with van der Waals surface area (Å²) in [5.74, 6) is 0. The molecule has 0 saturated heterocycles. The number of hydrogen-bond donors (Lipinski definition) is 2. The van der Waals surface area contributed by atoms with Crippen LogP contribution in [0.25, 0.3) is 0 Å². The molecule has 0 radical (unpaired) electrons. The lowest BCUT2D eigenvalue weighted by Crippen LogP contribution is -2.29. The maximum absolute atomic E-state index is 12.0. The van der Waals surface area contributed by atoms with E-state index in [9.17, 15) is 18.3 Å². The van der Waals surface area contributed by atoms with Crippen LogP contribution >= 0.6 is 0 Å². The Bertz CT molecular complexity index is 821. The number of carbonyl (C=O) groups excluding carboxylic acids is 1. The van der Waals surface area contributed by atoms with Crippen molar-refractivity contribution in [2.24, 2.45) is 0 Å². The van der Waals surface area contributed by atoms with E-state index in [1.165, 1.54) is 12.1 Å². The lowest BCUT2D eigenvalue weighted by Gasteiger charge is -2.12. The summed E-state index contributed by atoms with van der Waals surface area (Å²) in [6, 6.07) is 15.4. The van der Waals surface area contributed by atoms with Crippen LogP contribution in [-0.2, 0) is 25.6 Å². The van der Waals surface area contributed by atoms with E-state index >= 15 is 0 Å². The Morgan fingerprint density at radius 1 is 1.11 bits per heavy atom. The molecule has 1 amide bonds. The van der Waals surface area contributed by atoms with E-state index in [-0.39, 0.29) is 24.5 Å². The van der Waals surface area contributed by atoms with Gasteiger partial charge in [0.1, 0.15) is 6.61 Å². The fraction of sp³-hybridized carbons (Fsp3) is 0.316. The van der Waals surface area contributed by atoms with Crippen molar-refractivity contribution >= 4 is 16.2 Å². The third kappa shape index (κ3) is 7.38. The van der Waals surface area contributed by atoms with Crippen molar-refractivity contribution in [3.63, 3.8) is 0 Å². The fourth-order valence-corrected chi connectivity index (χ4v) is 3.08. The minimum atomic E-state index is -3.92. The Balaban J connectivity index is 1.66. The molecule has 0 aliphatic rings. The first-order valence-corrected chi connectivity index (χ1v) is 9.86. The van der Waals surface area contributed by atoms with Gasteiger partial charge in [0.25, 0.3) is 10.1 Å². The van der Waals surface area contributed by atoms with Crippen molar-refractivity contribution in [2.75, 3.05) is 13.2 Å². The van der Waals surface area contributed by atoms with Gasteiger partial charge in [0.05, 0.1) is 17.6 Å². The van der Waals surface area contributed by atoms with Crippen LogP contribution in [0.2, 0.25) is 0 Å². The molecule has 0 bridgehead atoms. The topological polar surface area (TPSA) is 102 Å². The first-order chi connectivity index (χ1) is 12.9. The molecule has 8 heteroatoms. The molecule has 0 fully saturated rings. The van der Waals surface area contributed by atoms with Gasteiger partial charge in [-0.25, -0.2) is 4.79 Å². The van der Waals surface area contributed by atoms with Crippen molar-refractivity contribution in [2.45, 2.75) is 31.0 Å². The molecule has 2 aromatic rings. The van der Waals surface area contributed by atoms with Gasteiger partial charge in [-0.1, -0.05) is 48.0 Å². The Morgan fingerprint density at radius 3 is 2.44 bits per heavy atom. The largest absolute Gasteiger partial charge is 0.445 e. The summed E-state index contributed by atoms with van der Waals surface area (Å²) in [5, 5.41) is 12.3. The highest BCUT2D eigenvalue weighted by atomic mass is 32.2. The summed E-state index contributed by atoms with van der Waals surface area (Å²) in [4.78, 5) is 11.6. The lowest BCUT2D eigenvalue weighted by molar-refractivity contribution is 0.0999. The molecule has 2 rings (SSSR count). The number of alkyl carbamates (subject to hydrolysis) is 1. The molecule has 0 saturated carbocycles. The average molecular weight is 393 g/mol. The summed E-state index contributed by atoms with van der Waals surface area (Å²) < 4.78 is 33.9. The molecule has 2 aromatic carbocycles. The second-order valence-electron chi connectivity index (χ2n) is 5.98. The van der Waals surface area contributed by atoms with Gasteiger partial charge in [-0.05, 0) is 31.0 Å². The van der Waals surface area contributed by atoms with Crippen LogP contribution in [0.15, 0.2) is 59.5 Å². The van der Waals surface area contributed by atoms with Crippen molar-refractivity contribution in [1.29, 1.82) is 0 Å².